The van der Waals surface area contributed by atoms with Crippen LogP contribution in [0.4, 0.5) is 10.1 Å². The molecule has 1 fully saturated rings. The van der Waals surface area contributed by atoms with Crippen molar-refractivity contribution in [1.29, 1.82) is 0 Å². The van der Waals surface area contributed by atoms with Gasteiger partial charge in [-0.2, -0.15) is 0 Å². The van der Waals surface area contributed by atoms with Gasteiger partial charge in [0.05, 0.1) is 17.5 Å². The van der Waals surface area contributed by atoms with Crippen molar-refractivity contribution in [2.75, 3.05) is 18.9 Å². The Morgan fingerprint density at radius 2 is 2.05 bits per heavy atom. The molecular weight excluding hydrogens is 475 g/mol. The SMILES string of the molecule is [C-]#[N+][C@@H]1C[C@@]2(CN1C(=O)[C@H](CC(C)C)N(C)C(=O)c1nc3ccc(F)cc3[nH]1)C(=O)Nc1ccccc12. The minimum absolute atomic E-state index is 0.00613. The van der Waals surface area contributed by atoms with Crippen molar-refractivity contribution in [1.82, 2.24) is 19.8 Å². The molecule has 0 bridgehead atoms. The van der Waals surface area contributed by atoms with Gasteiger partial charge < -0.3 is 15.2 Å². The van der Waals surface area contributed by atoms with E-state index in [-0.39, 0.29) is 36.5 Å². The Morgan fingerprint density at radius 3 is 2.78 bits per heavy atom. The normalized spacial score (nSPS) is 21.2. The second-order valence-corrected chi connectivity index (χ2v) is 10.2. The number of fused-ring (bicyclic) bond motifs is 3. The van der Waals surface area contributed by atoms with Gasteiger partial charge in [-0.25, -0.2) is 15.9 Å². The Balaban J connectivity index is 1.46. The largest absolute Gasteiger partial charge is 0.334 e. The van der Waals surface area contributed by atoms with Gasteiger partial charge >= 0.3 is 6.17 Å². The summed E-state index contributed by atoms with van der Waals surface area (Å²) in [6, 6.07) is 10.4. The molecule has 0 unspecified atom stereocenters. The zero-order valence-electron chi connectivity index (χ0n) is 20.8. The number of benzene rings is 2. The van der Waals surface area contributed by atoms with E-state index in [2.05, 4.69) is 20.1 Å². The second-order valence-electron chi connectivity index (χ2n) is 10.2. The highest BCUT2D eigenvalue weighted by atomic mass is 19.1. The summed E-state index contributed by atoms with van der Waals surface area (Å²) in [6.07, 6.45) is -0.295. The number of hydrogen-bond acceptors (Lipinski definition) is 4. The summed E-state index contributed by atoms with van der Waals surface area (Å²) in [4.78, 5) is 54.1. The van der Waals surface area contributed by atoms with Crippen molar-refractivity contribution in [3.8, 4) is 0 Å². The molecule has 2 aliphatic heterocycles. The Hall–Kier alpha value is -4.26. The van der Waals surface area contributed by atoms with Gasteiger partial charge in [-0.05, 0) is 42.2 Å². The molecule has 10 heteroatoms. The molecule has 0 aliphatic carbocycles. The van der Waals surface area contributed by atoms with E-state index in [9.17, 15) is 18.8 Å². The Kier molecular flexibility index (Phi) is 5.94. The molecule has 1 saturated heterocycles. The van der Waals surface area contributed by atoms with E-state index in [1.165, 1.54) is 35.0 Å². The summed E-state index contributed by atoms with van der Waals surface area (Å²) in [6.45, 7) is 11.7. The van der Waals surface area contributed by atoms with Crippen LogP contribution in [0, 0.1) is 18.3 Å². The van der Waals surface area contributed by atoms with Crippen molar-refractivity contribution < 1.29 is 18.8 Å². The molecule has 0 radical (unpaired) electrons. The molecule has 190 valence electrons. The molecule has 0 saturated carbocycles. The number of hydrogen-bond donors (Lipinski definition) is 2. The maximum atomic E-state index is 14.0. The van der Waals surface area contributed by atoms with Crippen molar-refractivity contribution in [3.05, 3.63) is 71.1 Å². The fourth-order valence-corrected chi connectivity index (χ4v) is 5.41. The number of aromatic amines is 1. The monoisotopic (exact) mass is 502 g/mol. The van der Waals surface area contributed by atoms with E-state index in [1.54, 1.807) is 0 Å². The van der Waals surface area contributed by atoms with Gasteiger partial charge in [0, 0.05) is 19.3 Å². The van der Waals surface area contributed by atoms with Crippen LogP contribution in [0.5, 0.6) is 0 Å². The molecule has 1 aromatic heterocycles. The van der Waals surface area contributed by atoms with Crippen LogP contribution in [0.1, 0.15) is 42.9 Å². The average molecular weight is 503 g/mol. The zero-order chi connectivity index (χ0) is 26.5. The summed E-state index contributed by atoms with van der Waals surface area (Å²) >= 11 is 0. The molecule has 9 nitrogen and oxygen atoms in total. The van der Waals surface area contributed by atoms with Crippen LogP contribution in [-0.2, 0) is 15.0 Å². The number of H-pyrrole nitrogens is 1. The number of nitrogens with zero attached hydrogens (tertiary/aromatic N) is 4. The van der Waals surface area contributed by atoms with Crippen molar-refractivity contribution >= 4 is 34.4 Å². The van der Waals surface area contributed by atoms with Gasteiger partial charge in [0.25, 0.3) is 11.8 Å². The minimum Gasteiger partial charge on any atom is -0.334 e. The highest BCUT2D eigenvalue weighted by Gasteiger charge is 2.59. The molecule has 3 heterocycles. The van der Waals surface area contributed by atoms with E-state index < -0.39 is 29.3 Å². The van der Waals surface area contributed by atoms with Crippen LogP contribution >= 0.6 is 0 Å². The van der Waals surface area contributed by atoms with Gasteiger partial charge in [-0.15, -0.1) is 0 Å². The number of rotatable bonds is 5. The van der Waals surface area contributed by atoms with Crippen molar-refractivity contribution in [2.24, 2.45) is 5.92 Å². The standard InChI is InChI=1S/C27H27FN6O3/c1-15(2)11-21(33(4)25(36)23-30-19-10-9-16(28)12-20(19)31-23)24(35)34-14-27(13-22(34)29-3)17-7-5-6-8-18(17)32-26(27)37/h5-10,12,15,21-22H,11,13-14H2,1-2,4H3,(H,30,31)(H,32,37)/t21-,22-,27-/m0/s1. The maximum absolute atomic E-state index is 14.0. The minimum atomic E-state index is -1.00. The Morgan fingerprint density at radius 1 is 1.30 bits per heavy atom. The Bertz CT molecular complexity index is 1460. The molecule has 2 aliphatic rings. The molecule has 2 N–H and O–H groups in total. The fraction of sp³-hybridized carbons (Fsp3) is 0.370. The third kappa shape index (κ3) is 4.00. The molecule has 2 aromatic carbocycles. The first kappa shape index (κ1) is 24.4. The summed E-state index contributed by atoms with van der Waals surface area (Å²) in [5, 5.41) is 2.89. The second kappa shape index (κ2) is 9.00. The summed E-state index contributed by atoms with van der Waals surface area (Å²) in [5.41, 5.74) is 1.28. The van der Waals surface area contributed by atoms with Gasteiger partial charge in [-0.3, -0.25) is 24.1 Å². The predicted molar refractivity (Wildman–Crippen MR) is 135 cm³/mol. The molecular formula is C27H27FN6O3. The number of halogens is 1. The van der Waals surface area contributed by atoms with Crippen LogP contribution in [-0.4, -0.2) is 63.3 Å². The number of carbonyl (C=O) groups excluding carboxylic acids is 3. The maximum Gasteiger partial charge on any atom is 0.302 e. The predicted octanol–water partition coefficient (Wildman–Crippen LogP) is 3.56. The number of nitrogens with one attached hydrogen (secondary N) is 2. The van der Waals surface area contributed by atoms with Crippen LogP contribution in [0.15, 0.2) is 42.5 Å². The topological polar surface area (TPSA) is 103 Å². The van der Waals surface area contributed by atoms with Gasteiger partial charge in [0.2, 0.25) is 5.91 Å². The lowest BCUT2D eigenvalue weighted by atomic mass is 9.80. The van der Waals surface area contributed by atoms with Gasteiger partial charge in [0.15, 0.2) is 5.82 Å². The highest BCUT2D eigenvalue weighted by molar-refractivity contribution is 6.07. The van der Waals surface area contributed by atoms with E-state index >= 15 is 0 Å². The van der Waals surface area contributed by atoms with Gasteiger partial charge in [-0.1, -0.05) is 32.0 Å². The average Bonchev–Trinajstić information content (AvgIpc) is 3.55. The number of anilines is 1. The van der Waals surface area contributed by atoms with E-state index in [0.29, 0.717) is 23.1 Å². The lowest BCUT2D eigenvalue weighted by Gasteiger charge is -2.31. The van der Waals surface area contributed by atoms with Crippen molar-refractivity contribution in [3.63, 3.8) is 0 Å². The first-order valence-corrected chi connectivity index (χ1v) is 12.1. The fourth-order valence-electron chi connectivity index (χ4n) is 5.41. The number of likely N-dealkylation sites (N-methyl/N-ethyl adjacent to an activating group) is 1. The van der Waals surface area contributed by atoms with Crippen LogP contribution in [0.2, 0.25) is 0 Å². The quantitative estimate of drug-likeness (QED) is 0.521. The molecule has 3 atom stereocenters. The summed E-state index contributed by atoms with van der Waals surface area (Å²) in [5.74, 6) is -1.53. The van der Waals surface area contributed by atoms with Crippen molar-refractivity contribution in [2.45, 2.75) is 44.3 Å². The first-order chi connectivity index (χ1) is 17.6. The van der Waals surface area contributed by atoms with Crippen LogP contribution in [0.3, 0.4) is 0 Å². The molecule has 3 aromatic rings. The summed E-state index contributed by atoms with van der Waals surface area (Å²) in [7, 11) is 1.53. The third-order valence-corrected chi connectivity index (χ3v) is 7.30. The third-order valence-electron chi connectivity index (χ3n) is 7.30. The molecule has 37 heavy (non-hydrogen) atoms. The number of aromatic nitrogens is 2. The number of amides is 3. The lowest BCUT2D eigenvalue weighted by molar-refractivity contribution is -0.136. The van der Waals surface area contributed by atoms with E-state index in [4.69, 9.17) is 6.57 Å². The van der Waals surface area contributed by atoms with Crippen LogP contribution < -0.4 is 5.32 Å². The smallest absolute Gasteiger partial charge is 0.302 e. The molecule has 1 spiro atoms. The molecule has 5 rings (SSSR count). The van der Waals surface area contributed by atoms with Gasteiger partial charge in [0.1, 0.15) is 17.3 Å². The zero-order valence-corrected chi connectivity index (χ0v) is 20.8. The Labute approximate surface area is 213 Å². The number of carbonyl (C=O) groups is 3. The molecule has 3 amide bonds. The summed E-state index contributed by atoms with van der Waals surface area (Å²) < 4.78 is 13.6. The van der Waals surface area contributed by atoms with E-state index in [0.717, 1.165) is 5.56 Å². The first-order valence-electron chi connectivity index (χ1n) is 12.1. The highest BCUT2D eigenvalue weighted by Crippen LogP contribution is 2.47. The number of imidazole rings is 1. The van der Waals surface area contributed by atoms with Crippen LogP contribution in [0.25, 0.3) is 15.9 Å². The number of likely N-dealkylation sites (tertiary alicyclic amines) is 1. The lowest BCUT2D eigenvalue weighted by Crippen LogP contribution is -2.51. The van der Waals surface area contributed by atoms with E-state index in [1.807, 2.05) is 38.1 Å². The number of para-hydroxylation sites is 1.